The highest BCUT2D eigenvalue weighted by atomic mass is 16.6. The number of nitriles is 1. The van der Waals surface area contributed by atoms with E-state index in [-0.39, 0.29) is 6.09 Å². The van der Waals surface area contributed by atoms with E-state index in [0.717, 1.165) is 5.56 Å². The van der Waals surface area contributed by atoms with E-state index in [1.807, 2.05) is 31.2 Å². The Kier molecular flexibility index (Phi) is 4.29. The first-order valence-corrected chi connectivity index (χ1v) is 7.01. The Labute approximate surface area is 120 Å². The first-order valence-electron chi connectivity index (χ1n) is 7.01. The summed E-state index contributed by atoms with van der Waals surface area (Å²) >= 11 is 0. The Balaban J connectivity index is 2.11. The van der Waals surface area contributed by atoms with E-state index < -0.39 is 5.41 Å². The number of amides is 1. The number of piperidine rings is 1. The second-order valence-electron chi connectivity index (χ2n) is 5.25. The van der Waals surface area contributed by atoms with Crippen molar-refractivity contribution in [2.24, 2.45) is 0 Å². The summed E-state index contributed by atoms with van der Waals surface area (Å²) in [6, 6.07) is 10.6. The third-order valence-corrected chi connectivity index (χ3v) is 3.96. The van der Waals surface area contributed by atoms with Gasteiger partial charge in [-0.1, -0.05) is 29.8 Å². The van der Waals surface area contributed by atoms with Crippen molar-refractivity contribution in [1.29, 1.82) is 5.26 Å². The van der Waals surface area contributed by atoms with Crippen LogP contribution in [0.2, 0.25) is 0 Å². The van der Waals surface area contributed by atoms with E-state index >= 15 is 0 Å². The molecule has 0 spiro atoms. The van der Waals surface area contributed by atoms with Crippen LogP contribution in [0.4, 0.5) is 4.79 Å². The third kappa shape index (κ3) is 2.77. The van der Waals surface area contributed by atoms with Gasteiger partial charge in [0.1, 0.15) is 0 Å². The van der Waals surface area contributed by atoms with E-state index in [2.05, 4.69) is 6.07 Å². The van der Waals surface area contributed by atoms with Gasteiger partial charge in [0, 0.05) is 13.1 Å². The molecule has 106 valence electrons. The van der Waals surface area contributed by atoms with Gasteiger partial charge in [-0.05, 0) is 32.3 Å². The van der Waals surface area contributed by atoms with Gasteiger partial charge in [0.2, 0.25) is 0 Å². The maximum atomic E-state index is 11.7. The normalized spacial score (nSPS) is 17.4. The third-order valence-electron chi connectivity index (χ3n) is 3.96. The lowest BCUT2D eigenvalue weighted by molar-refractivity contribution is 0.0922. The van der Waals surface area contributed by atoms with Gasteiger partial charge >= 0.3 is 6.09 Å². The predicted octanol–water partition coefficient (Wildman–Crippen LogP) is 3.01. The molecule has 1 fully saturated rings. The lowest BCUT2D eigenvalue weighted by Crippen LogP contribution is -2.44. The van der Waals surface area contributed by atoms with Gasteiger partial charge in [0.05, 0.1) is 18.1 Å². The van der Waals surface area contributed by atoms with Crippen molar-refractivity contribution in [2.45, 2.75) is 32.1 Å². The van der Waals surface area contributed by atoms with Gasteiger partial charge in [-0.25, -0.2) is 4.79 Å². The van der Waals surface area contributed by atoms with Crippen LogP contribution in [0.3, 0.4) is 0 Å². The van der Waals surface area contributed by atoms with Gasteiger partial charge < -0.3 is 9.64 Å². The Morgan fingerprint density at radius 2 is 1.95 bits per heavy atom. The summed E-state index contributed by atoms with van der Waals surface area (Å²) in [6.45, 7) is 5.36. The second kappa shape index (κ2) is 5.96. The van der Waals surface area contributed by atoms with Crippen molar-refractivity contribution in [1.82, 2.24) is 4.90 Å². The van der Waals surface area contributed by atoms with Gasteiger partial charge in [-0.15, -0.1) is 0 Å². The first-order chi connectivity index (χ1) is 9.61. The van der Waals surface area contributed by atoms with Crippen LogP contribution in [0.15, 0.2) is 24.3 Å². The summed E-state index contributed by atoms with van der Waals surface area (Å²) in [6.07, 6.45) is 1.04. The molecule has 1 aromatic carbocycles. The average molecular weight is 272 g/mol. The van der Waals surface area contributed by atoms with Crippen molar-refractivity contribution >= 4 is 6.09 Å². The fourth-order valence-electron chi connectivity index (χ4n) is 2.62. The Bertz CT molecular complexity index is 508. The standard InChI is InChI=1S/C16H20N2O2/c1-3-20-15(19)18-10-8-16(12-17,9-11-18)14-6-4-13(2)5-7-14/h4-7H,3,8-11H2,1-2H3. The van der Waals surface area contributed by atoms with Crippen LogP contribution < -0.4 is 0 Å². The number of aryl methyl sites for hydroxylation is 1. The molecular formula is C16H20N2O2. The molecule has 1 aromatic rings. The lowest BCUT2D eigenvalue weighted by Gasteiger charge is -2.37. The van der Waals surface area contributed by atoms with Crippen molar-refractivity contribution in [3.05, 3.63) is 35.4 Å². The molecule has 0 aromatic heterocycles. The van der Waals surface area contributed by atoms with Crippen LogP contribution in [-0.4, -0.2) is 30.7 Å². The lowest BCUT2D eigenvalue weighted by atomic mass is 9.74. The molecule has 0 radical (unpaired) electrons. The summed E-state index contributed by atoms with van der Waals surface area (Å²) in [7, 11) is 0. The van der Waals surface area contributed by atoms with E-state index in [9.17, 15) is 10.1 Å². The summed E-state index contributed by atoms with van der Waals surface area (Å²) < 4.78 is 5.01. The molecule has 2 rings (SSSR count). The highest BCUT2D eigenvalue weighted by Crippen LogP contribution is 2.35. The monoisotopic (exact) mass is 272 g/mol. The minimum atomic E-state index is -0.476. The maximum absolute atomic E-state index is 11.7. The quantitative estimate of drug-likeness (QED) is 0.831. The zero-order valence-electron chi connectivity index (χ0n) is 12.1. The summed E-state index contributed by atoms with van der Waals surface area (Å²) in [5, 5.41) is 9.61. The van der Waals surface area contributed by atoms with E-state index in [1.165, 1.54) is 5.56 Å². The molecule has 4 heteroatoms. The highest BCUT2D eigenvalue weighted by Gasteiger charge is 2.37. The van der Waals surface area contributed by atoms with Gasteiger partial charge in [0.15, 0.2) is 0 Å². The minimum absolute atomic E-state index is 0.275. The SMILES string of the molecule is CCOC(=O)N1CCC(C#N)(c2ccc(C)cc2)CC1. The van der Waals surface area contributed by atoms with Crippen LogP contribution in [0.1, 0.15) is 30.9 Å². The maximum Gasteiger partial charge on any atom is 0.409 e. The van der Waals surface area contributed by atoms with Crippen LogP contribution in [-0.2, 0) is 10.2 Å². The molecule has 1 heterocycles. The summed E-state index contributed by atoms with van der Waals surface area (Å²) in [5.41, 5.74) is 1.76. The predicted molar refractivity (Wildman–Crippen MR) is 76.3 cm³/mol. The fourth-order valence-corrected chi connectivity index (χ4v) is 2.62. The summed E-state index contributed by atoms with van der Waals surface area (Å²) in [4.78, 5) is 13.4. The van der Waals surface area contributed by atoms with E-state index in [4.69, 9.17) is 4.74 Å². The topological polar surface area (TPSA) is 53.3 Å². The average Bonchev–Trinajstić information content (AvgIpc) is 2.48. The largest absolute Gasteiger partial charge is 0.450 e. The van der Waals surface area contributed by atoms with Crippen molar-refractivity contribution < 1.29 is 9.53 Å². The molecule has 0 aliphatic carbocycles. The molecule has 0 unspecified atom stereocenters. The zero-order chi connectivity index (χ0) is 14.6. The number of benzene rings is 1. The zero-order valence-corrected chi connectivity index (χ0v) is 12.1. The molecule has 20 heavy (non-hydrogen) atoms. The molecule has 1 saturated heterocycles. The number of carbonyl (C=O) groups excluding carboxylic acids is 1. The van der Waals surface area contributed by atoms with E-state index in [1.54, 1.807) is 11.8 Å². The molecule has 1 amide bonds. The molecule has 4 nitrogen and oxygen atoms in total. The van der Waals surface area contributed by atoms with Crippen LogP contribution in [0, 0.1) is 18.3 Å². The number of carbonyl (C=O) groups is 1. The molecule has 1 aliphatic heterocycles. The van der Waals surface area contributed by atoms with Crippen molar-refractivity contribution in [3.63, 3.8) is 0 Å². The van der Waals surface area contributed by atoms with Crippen LogP contribution >= 0.6 is 0 Å². The summed E-state index contributed by atoms with van der Waals surface area (Å²) in [5.74, 6) is 0. The second-order valence-corrected chi connectivity index (χ2v) is 5.25. The molecular weight excluding hydrogens is 252 g/mol. The van der Waals surface area contributed by atoms with Crippen molar-refractivity contribution in [3.8, 4) is 6.07 Å². The van der Waals surface area contributed by atoms with Gasteiger partial charge in [0.25, 0.3) is 0 Å². The molecule has 0 saturated carbocycles. The fraction of sp³-hybridized carbons (Fsp3) is 0.500. The van der Waals surface area contributed by atoms with Crippen molar-refractivity contribution in [2.75, 3.05) is 19.7 Å². The number of nitrogens with zero attached hydrogens (tertiary/aromatic N) is 2. The number of ether oxygens (including phenoxy) is 1. The van der Waals surface area contributed by atoms with Gasteiger partial charge in [-0.2, -0.15) is 5.26 Å². The Hall–Kier alpha value is -2.02. The minimum Gasteiger partial charge on any atom is -0.450 e. The van der Waals surface area contributed by atoms with Crippen LogP contribution in [0.5, 0.6) is 0 Å². The van der Waals surface area contributed by atoms with Gasteiger partial charge in [-0.3, -0.25) is 0 Å². The number of hydrogen-bond donors (Lipinski definition) is 0. The molecule has 0 bridgehead atoms. The molecule has 0 atom stereocenters. The smallest absolute Gasteiger partial charge is 0.409 e. The number of hydrogen-bond acceptors (Lipinski definition) is 3. The first kappa shape index (κ1) is 14.4. The Morgan fingerprint density at radius 1 is 1.35 bits per heavy atom. The van der Waals surface area contributed by atoms with Crippen LogP contribution in [0.25, 0.3) is 0 Å². The molecule has 1 aliphatic rings. The Morgan fingerprint density at radius 3 is 2.45 bits per heavy atom. The molecule has 0 N–H and O–H groups in total. The van der Waals surface area contributed by atoms with E-state index in [0.29, 0.717) is 32.5 Å². The number of rotatable bonds is 2. The highest BCUT2D eigenvalue weighted by molar-refractivity contribution is 5.67. The number of likely N-dealkylation sites (tertiary alicyclic amines) is 1.